The van der Waals surface area contributed by atoms with E-state index in [1.807, 2.05) is 42.5 Å². The lowest BCUT2D eigenvalue weighted by molar-refractivity contribution is -0.145. The van der Waals surface area contributed by atoms with Gasteiger partial charge in [-0.2, -0.15) is 0 Å². The summed E-state index contributed by atoms with van der Waals surface area (Å²) in [4.78, 5) is 11.6. The molecule has 3 rings (SSSR count). The third-order valence-corrected chi connectivity index (χ3v) is 3.89. The van der Waals surface area contributed by atoms with Crippen LogP contribution in [0.3, 0.4) is 0 Å². The fraction of sp³-hybridized carbons (Fsp3) is 0.278. The summed E-state index contributed by atoms with van der Waals surface area (Å²) in [5.41, 5.74) is 3.55. The maximum atomic E-state index is 11.6. The SMILES string of the molecule is COC(=O)C1Cc2ccc(OCc3ccccc3)cc2C1. The molecular weight excluding hydrogens is 264 g/mol. The summed E-state index contributed by atoms with van der Waals surface area (Å²) in [6.45, 7) is 0.556. The van der Waals surface area contributed by atoms with E-state index < -0.39 is 0 Å². The molecule has 2 aromatic carbocycles. The van der Waals surface area contributed by atoms with E-state index in [1.165, 1.54) is 18.2 Å². The van der Waals surface area contributed by atoms with Crippen molar-refractivity contribution in [2.24, 2.45) is 5.92 Å². The zero-order valence-electron chi connectivity index (χ0n) is 12.0. The smallest absolute Gasteiger partial charge is 0.309 e. The van der Waals surface area contributed by atoms with Crippen molar-refractivity contribution >= 4 is 5.97 Å². The van der Waals surface area contributed by atoms with Gasteiger partial charge in [-0.3, -0.25) is 4.79 Å². The lowest BCUT2D eigenvalue weighted by Gasteiger charge is -2.08. The molecule has 1 atom stereocenters. The molecule has 108 valence electrons. The summed E-state index contributed by atoms with van der Waals surface area (Å²) in [5.74, 6) is 0.676. The van der Waals surface area contributed by atoms with Gasteiger partial charge in [0, 0.05) is 0 Å². The number of methoxy groups -OCH3 is 1. The minimum absolute atomic E-state index is 0.0469. The van der Waals surface area contributed by atoms with E-state index in [1.54, 1.807) is 0 Å². The number of esters is 1. The largest absolute Gasteiger partial charge is 0.489 e. The van der Waals surface area contributed by atoms with Crippen molar-refractivity contribution in [1.82, 2.24) is 0 Å². The van der Waals surface area contributed by atoms with Gasteiger partial charge in [0.25, 0.3) is 0 Å². The van der Waals surface area contributed by atoms with Crippen LogP contribution in [0, 0.1) is 5.92 Å². The Hall–Kier alpha value is -2.29. The average molecular weight is 282 g/mol. The van der Waals surface area contributed by atoms with Crippen LogP contribution in [0.2, 0.25) is 0 Å². The molecule has 1 aliphatic rings. The number of ether oxygens (including phenoxy) is 2. The highest BCUT2D eigenvalue weighted by atomic mass is 16.5. The van der Waals surface area contributed by atoms with Crippen molar-refractivity contribution in [3.8, 4) is 5.75 Å². The van der Waals surface area contributed by atoms with Crippen molar-refractivity contribution in [3.05, 3.63) is 65.2 Å². The van der Waals surface area contributed by atoms with Gasteiger partial charge < -0.3 is 9.47 Å². The Balaban J connectivity index is 1.67. The van der Waals surface area contributed by atoms with Crippen LogP contribution in [0.15, 0.2) is 48.5 Å². The first kappa shape index (κ1) is 13.7. The Kier molecular flexibility index (Phi) is 3.91. The van der Waals surface area contributed by atoms with Crippen LogP contribution in [0.4, 0.5) is 0 Å². The number of hydrogen-bond donors (Lipinski definition) is 0. The highest BCUT2D eigenvalue weighted by Gasteiger charge is 2.28. The first-order valence-electron chi connectivity index (χ1n) is 7.12. The minimum Gasteiger partial charge on any atom is -0.489 e. The number of fused-ring (bicyclic) bond motifs is 1. The second-order valence-electron chi connectivity index (χ2n) is 5.33. The van der Waals surface area contributed by atoms with E-state index in [-0.39, 0.29) is 11.9 Å². The molecule has 0 N–H and O–H groups in total. The molecule has 1 aliphatic carbocycles. The van der Waals surface area contributed by atoms with E-state index in [2.05, 4.69) is 6.07 Å². The molecular formula is C18H18O3. The third-order valence-electron chi connectivity index (χ3n) is 3.89. The summed E-state index contributed by atoms with van der Waals surface area (Å²) in [5, 5.41) is 0. The van der Waals surface area contributed by atoms with Crippen LogP contribution in [-0.4, -0.2) is 13.1 Å². The van der Waals surface area contributed by atoms with Crippen LogP contribution < -0.4 is 4.74 Å². The standard InChI is InChI=1S/C18H18O3/c1-20-18(19)16-9-14-7-8-17(11-15(14)10-16)21-12-13-5-3-2-4-6-13/h2-8,11,16H,9-10,12H2,1H3. The third kappa shape index (κ3) is 3.07. The molecule has 0 aliphatic heterocycles. The van der Waals surface area contributed by atoms with Crippen LogP contribution >= 0.6 is 0 Å². The molecule has 0 fully saturated rings. The van der Waals surface area contributed by atoms with Crippen molar-refractivity contribution in [2.75, 3.05) is 7.11 Å². The molecule has 0 spiro atoms. The Labute approximate surface area is 124 Å². The fourth-order valence-corrected chi connectivity index (χ4v) is 2.76. The topological polar surface area (TPSA) is 35.5 Å². The molecule has 0 amide bonds. The van der Waals surface area contributed by atoms with Gasteiger partial charge >= 0.3 is 5.97 Å². The molecule has 1 unspecified atom stereocenters. The number of carbonyl (C=O) groups excluding carboxylic acids is 1. The fourth-order valence-electron chi connectivity index (χ4n) is 2.76. The number of hydrogen-bond acceptors (Lipinski definition) is 3. The molecule has 3 heteroatoms. The predicted octanol–water partition coefficient (Wildman–Crippen LogP) is 3.15. The normalized spacial score (nSPS) is 16.3. The van der Waals surface area contributed by atoms with Crippen molar-refractivity contribution in [3.63, 3.8) is 0 Å². The zero-order valence-corrected chi connectivity index (χ0v) is 12.0. The van der Waals surface area contributed by atoms with Gasteiger partial charge in [0.1, 0.15) is 12.4 Å². The van der Waals surface area contributed by atoms with Crippen molar-refractivity contribution in [2.45, 2.75) is 19.4 Å². The highest BCUT2D eigenvalue weighted by Crippen LogP contribution is 2.30. The number of rotatable bonds is 4. The lowest BCUT2D eigenvalue weighted by atomic mass is 10.1. The van der Waals surface area contributed by atoms with Gasteiger partial charge in [-0.15, -0.1) is 0 Å². The summed E-state index contributed by atoms with van der Waals surface area (Å²) < 4.78 is 10.7. The van der Waals surface area contributed by atoms with Crippen LogP contribution in [0.5, 0.6) is 5.75 Å². The predicted molar refractivity (Wildman–Crippen MR) is 80.1 cm³/mol. The van der Waals surface area contributed by atoms with Gasteiger partial charge in [-0.05, 0) is 41.7 Å². The minimum atomic E-state index is -0.127. The molecule has 0 saturated carbocycles. The summed E-state index contributed by atoms with van der Waals surface area (Å²) in [6, 6.07) is 16.2. The lowest BCUT2D eigenvalue weighted by Crippen LogP contribution is -2.15. The second kappa shape index (κ2) is 6.00. The maximum absolute atomic E-state index is 11.6. The monoisotopic (exact) mass is 282 g/mol. The van der Waals surface area contributed by atoms with Crippen LogP contribution in [0.25, 0.3) is 0 Å². The second-order valence-corrected chi connectivity index (χ2v) is 5.33. The van der Waals surface area contributed by atoms with E-state index in [9.17, 15) is 4.79 Å². The molecule has 0 radical (unpaired) electrons. The van der Waals surface area contributed by atoms with E-state index in [0.717, 1.165) is 24.2 Å². The maximum Gasteiger partial charge on any atom is 0.309 e. The Morgan fingerprint density at radius 2 is 1.86 bits per heavy atom. The number of benzene rings is 2. The number of carbonyl (C=O) groups is 1. The van der Waals surface area contributed by atoms with Gasteiger partial charge in [-0.1, -0.05) is 36.4 Å². The van der Waals surface area contributed by atoms with Gasteiger partial charge in [-0.25, -0.2) is 0 Å². The van der Waals surface area contributed by atoms with Gasteiger partial charge in [0.05, 0.1) is 13.0 Å². The summed E-state index contributed by atoms with van der Waals surface area (Å²) >= 11 is 0. The first-order chi connectivity index (χ1) is 10.3. The van der Waals surface area contributed by atoms with E-state index in [0.29, 0.717) is 6.61 Å². The van der Waals surface area contributed by atoms with Crippen molar-refractivity contribution < 1.29 is 14.3 Å². The van der Waals surface area contributed by atoms with Gasteiger partial charge in [0.15, 0.2) is 0 Å². The molecule has 21 heavy (non-hydrogen) atoms. The summed E-state index contributed by atoms with van der Waals surface area (Å²) in [7, 11) is 1.44. The molecule has 3 nitrogen and oxygen atoms in total. The Morgan fingerprint density at radius 1 is 1.10 bits per heavy atom. The van der Waals surface area contributed by atoms with E-state index in [4.69, 9.17) is 9.47 Å². The molecule has 0 saturated heterocycles. The Bertz CT molecular complexity index is 634. The Morgan fingerprint density at radius 3 is 2.62 bits per heavy atom. The summed E-state index contributed by atoms with van der Waals surface area (Å²) in [6.07, 6.45) is 1.51. The average Bonchev–Trinajstić information content (AvgIpc) is 2.96. The highest BCUT2D eigenvalue weighted by molar-refractivity contribution is 5.74. The van der Waals surface area contributed by atoms with Crippen molar-refractivity contribution in [1.29, 1.82) is 0 Å². The zero-order chi connectivity index (χ0) is 14.7. The van der Waals surface area contributed by atoms with Crippen LogP contribution in [0.1, 0.15) is 16.7 Å². The molecule has 2 aromatic rings. The van der Waals surface area contributed by atoms with Gasteiger partial charge in [0.2, 0.25) is 0 Å². The first-order valence-corrected chi connectivity index (χ1v) is 7.12. The van der Waals surface area contributed by atoms with E-state index >= 15 is 0 Å². The molecule has 0 aromatic heterocycles. The quantitative estimate of drug-likeness (QED) is 0.808. The van der Waals surface area contributed by atoms with Crippen LogP contribution in [-0.2, 0) is 29.0 Å². The molecule has 0 bridgehead atoms. The molecule has 0 heterocycles.